The quantitative estimate of drug-likeness (QED) is 0.690. The molecule has 2 fully saturated rings. The Kier molecular flexibility index (Phi) is 3.02. The maximum Gasteiger partial charge on any atom is 0.410 e. The summed E-state index contributed by atoms with van der Waals surface area (Å²) < 4.78 is 5.33. The van der Waals surface area contributed by atoms with Gasteiger partial charge in [0.25, 0.3) is 0 Å². The molecule has 17 heavy (non-hydrogen) atoms. The number of hydrogen-bond acceptors (Lipinski definition) is 3. The molecule has 2 aliphatic rings. The first-order valence-electron chi connectivity index (χ1n) is 6.12. The van der Waals surface area contributed by atoms with E-state index in [2.05, 4.69) is 5.32 Å². The van der Waals surface area contributed by atoms with Crippen LogP contribution in [0.25, 0.3) is 0 Å². The van der Waals surface area contributed by atoms with E-state index in [1.165, 1.54) is 0 Å². The molecular weight excluding hydrogens is 220 g/mol. The average Bonchev–Trinajstić information content (AvgIpc) is 2.53. The number of amides is 2. The number of hydrogen-bond donors (Lipinski definition) is 1. The summed E-state index contributed by atoms with van der Waals surface area (Å²) in [6, 6.07) is 0.115. The van der Waals surface area contributed by atoms with Crippen molar-refractivity contribution in [1.29, 1.82) is 0 Å². The lowest BCUT2D eigenvalue weighted by molar-refractivity contribution is -0.119. The van der Waals surface area contributed by atoms with Crippen LogP contribution in [0.5, 0.6) is 0 Å². The van der Waals surface area contributed by atoms with E-state index in [0.717, 1.165) is 6.42 Å². The third kappa shape index (κ3) is 2.90. The first-order valence-corrected chi connectivity index (χ1v) is 6.12. The van der Waals surface area contributed by atoms with Crippen molar-refractivity contribution in [2.45, 2.75) is 45.3 Å². The van der Waals surface area contributed by atoms with Crippen LogP contribution >= 0.6 is 0 Å². The first kappa shape index (κ1) is 12.2. The minimum absolute atomic E-state index is 0.103. The zero-order valence-electron chi connectivity index (χ0n) is 10.7. The number of rotatable bonds is 0. The second-order valence-corrected chi connectivity index (χ2v) is 5.85. The van der Waals surface area contributed by atoms with Crippen LogP contribution in [0, 0.1) is 5.92 Å². The highest BCUT2D eigenvalue weighted by Crippen LogP contribution is 2.26. The molecule has 0 saturated carbocycles. The van der Waals surface area contributed by atoms with Crippen molar-refractivity contribution in [3.05, 3.63) is 0 Å². The van der Waals surface area contributed by atoms with Crippen molar-refractivity contribution >= 4 is 12.0 Å². The van der Waals surface area contributed by atoms with E-state index in [4.69, 9.17) is 4.74 Å². The molecule has 2 atom stereocenters. The highest BCUT2D eigenvalue weighted by Gasteiger charge is 2.39. The van der Waals surface area contributed by atoms with E-state index in [1.807, 2.05) is 20.8 Å². The van der Waals surface area contributed by atoms with Gasteiger partial charge in [-0.25, -0.2) is 4.79 Å². The van der Waals surface area contributed by atoms with Crippen molar-refractivity contribution in [3.8, 4) is 0 Å². The summed E-state index contributed by atoms with van der Waals surface area (Å²) in [6.07, 6.45) is 1.20. The van der Waals surface area contributed by atoms with E-state index in [1.54, 1.807) is 4.90 Å². The number of nitrogens with zero attached hydrogens (tertiary/aromatic N) is 1. The van der Waals surface area contributed by atoms with Gasteiger partial charge in [0.15, 0.2) is 0 Å². The summed E-state index contributed by atoms with van der Waals surface area (Å²) in [7, 11) is 0. The van der Waals surface area contributed by atoms with Gasteiger partial charge in [-0.15, -0.1) is 0 Å². The Hall–Kier alpha value is -1.26. The molecule has 2 amide bonds. The molecule has 0 aromatic rings. The molecule has 0 unspecified atom stereocenters. The lowest BCUT2D eigenvalue weighted by Gasteiger charge is -2.35. The minimum atomic E-state index is -0.465. The molecular formula is C12H20N2O3. The predicted octanol–water partition coefficient (Wildman–Crippen LogP) is 1.13. The summed E-state index contributed by atoms with van der Waals surface area (Å²) >= 11 is 0. The fraction of sp³-hybridized carbons (Fsp3) is 0.833. The number of ether oxygens (including phenoxy) is 1. The van der Waals surface area contributed by atoms with Crippen molar-refractivity contribution in [2.24, 2.45) is 5.92 Å². The van der Waals surface area contributed by atoms with E-state index in [9.17, 15) is 9.59 Å². The van der Waals surface area contributed by atoms with Gasteiger partial charge in [-0.05, 0) is 33.1 Å². The predicted molar refractivity (Wildman–Crippen MR) is 62.5 cm³/mol. The Morgan fingerprint density at radius 3 is 2.82 bits per heavy atom. The Morgan fingerprint density at radius 1 is 1.47 bits per heavy atom. The average molecular weight is 240 g/mol. The molecule has 0 aliphatic carbocycles. The van der Waals surface area contributed by atoms with Crippen molar-refractivity contribution < 1.29 is 14.3 Å². The second-order valence-electron chi connectivity index (χ2n) is 5.85. The first-order chi connectivity index (χ1) is 7.85. The van der Waals surface area contributed by atoms with Gasteiger partial charge in [0.1, 0.15) is 5.60 Å². The highest BCUT2D eigenvalue weighted by molar-refractivity contribution is 5.79. The van der Waals surface area contributed by atoms with Gasteiger partial charge in [-0.2, -0.15) is 0 Å². The third-order valence-electron chi connectivity index (χ3n) is 3.20. The summed E-state index contributed by atoms with van der Waals surface area (Å²) in [4.78, 5) is 24.8. The fourth-order valence-corrected chi connectivity index (χ4v) is 2.40. The van der Waals surface area contributed by atoms with Crippen LogP contribution in [-0.4, -0.2) is 41.6 Å². The smallest absolute Gasteiger partial charge is 0.410 e. The van der Waals surface area contributed by atoms with E-state index >= 15 is 0 Å². The summed E-state index contributed by atoms with van der Waals surface area (Å²) in [5, 5.41) is 2.92. The standard InChI is InChI=1S/C12H20N2O3/c1-12(2,3)17-11(16)14-5-4-8-6-10(15)13-9(8)7-14/h8-9H,4-7H2,1-3H3,(H,13,15)/t8-,9-/m1/s1. The van der Waals surface area contributed by atoms with Gasteiger partial charge in [0.05, 0.1) is 0 Å². The molecule has 0 aromatic heterocycles. The molecule has 2 saturated heterocycles. The van der Waals surface area contributed by atoms with E-state index < -0.39 is 5.60 Å². The van der Waals surface area contributed by atoms with Crippen LogP contribution < -0.4 is 5.32 Å². The Morgan fingerprint density at radius 2 is 2.18 bits per heavy atom. The summed E-state index contributed by atoms with van der Waals surface area (Å²) in [5.41, 5.74) is -0.465. The molecule has 0 aromatic carbocycles. The molecule has 2 heterocycles. The second kappa shape index (κ2) is 4.20. The van der Waals surface area contributed by atoms with Gasteiger partial charge in [-0.3, -0.25) is 4.79 Å². The zero-order chi connectivity index (χ0) is 12.6. The van der Waals surface area contributed by atoms with Gasteiger partial charge < -0.3 is 15.0 Å². The minimum Gasteiger partial charge on any atom is -0.444 e. The van der Waals surface area contributed by atoms with Gasteiger partial charge in [0, 0.05) is 25.6 Å². The highest BCUT2D eigenvalue weighted by atomic mass is 16.6. The molecule has 2 rings (SSSR count). The van der Waals surface area contributed by atoms with Gasteiger partial charge in [0.2, 0.25) is 5.91 Å². The van der Waals surface area contributed by atoms with E-state index in [0.29, 0.717) is 25.4 Å². The Bertz CT molecular complexity index is 335. The summed E-state index contributed by atoms with van der Waals surface area (Å²) in [5.74, 6) is 0.493. The largest absolute Gasteiger partial charge is 0.444 e. The number of carbonyl (C=O) groups is 2. The van der Waals surface area contributed by atoms with Gasteiger partial charge >= 0.3 is 6.09 Å². The Labute approximate surface area is 101 Å². The lowest BCUT2D eigenvalue weighted by Crippen LogP contribution is -2.50. The summed E-state index contributed by atoms with van der Waals surface area (Å²) in [6.45, 7) is 6.83. The topological polar surface area (TPSA) is 58.6 Å². The molecule has 0 bridgehead atoms. The molecule has 5 heteroatoms. The van der Waals surface area contributed by atoms with Crippen LogP contribution in [0.1, 0.15) is 33.6 Å². The van der Waals surface area contributed by atoms with Crippen LogP contribution in [0.4, 0.5) is 4.79 Å². The third-order valence-corrected chi connectivity index (χ3v) is 3.20. The Balaban J connectivity index is 1.92. The molecule has 1 N–H and O–H groups in total. The number of carbonyl (C=O) groups excluding carboxylic acids is 2. The zero-order valence-corrected chi connectivity index (χ0v) is 10.7. The van der Waals surface area contributed by atoms with Crippen LogP contribution in [-0.2, 0) is 9.53 Å². The molecule has 0 spiro atoms. The lowest BCUT2D eigenvalue weighted by atomic mass is 9.93. The number of fused-ring (bicyclic) bond motifs is 1. The number of likely N-dealkylation sites (tertiary alicyclic amines) is 1. The molecule has 96 valence electrons. The monoisotopic (exact) mass is 240 g/mol. The van der Waals surface area contributed by atoms with E-state index in [-0.39, 0.29) is 18.0 Å². The van der Waals surface area contributed by atoms with Crippen LogP contribution in [0.15, 0.2) is 0 Å². The molecule has 0 radical (unpaired) electrons. The molecule has 5 nitrogen and oxygen atoms in total. The van der Waals surface area contributed by atoms with Crippen LogP contribution in [0.2, 0.25) is 0 Å². The fourth-order valence-electron chi connectivity index (χ4n) is 2.40. The number of piperidine rings is 1. The maximum absolute atomic E-state index is 11.9. The number of nitrogens with one attached hydrogen (secondary N) is 1. The van der Waals surface area contributed by atoms with Crippen LogP contribution in [0.3, 0.4) is 0 Å². The SMILES string of the molecule is CC(C)(C)OC(=O)N1CC[C@@H]2CC(=O)N[C@@H]2C1. The van der Waals surface area contributed by atoms with Crippen molar-refractivity contribution in [3.63, 3.8) is 0 Å². The maximum atomic E-state index is 11.9. The normalized spacial score (nSPS) is 28.6. The van der Waals surface area contributed by atoms with Gasteiger partial charge in [-0.1, -0.05) is 0 Å². The molecule has 2 aliphatic heterocycles. The van der Waals surface area contributed by atoms with Crippen molar-refractivity contribution in [1.82, 2.24) is 10.2 Å². The van der Waals surface area contributed by atoms with Crippen molar-refractivity contribution in [2.75, 3.05) is 13.1 Å².